The quantitative estimate of drug-likeness (QED) is 0.615. The Morgan fingerprint density at radius 3 is 2.71 bits per heavy atom. The van der Waals surface area contributed by atoms with E-state index in [1.165, 1.54) is 36.8 Å². The molecule has 0 heterocycles. The number of hydrogen-bond donors (Lipinski definition) is 2. The van der Waals surface area contributed by atoms with Crippen LogP contribution in [0.25, 0.3) is 0 Å². The highest BCUT2D eigenvalue weighted by molar-refractivity contribution is 5.61. The summed E-state index contributed by atoms with van der Waals surface area (Å²) in [5, 5.41) is 9.48. The van der Waals surface area contributed by atoms with Gasteiger partial charge < -0.3 is 10.8 Å². The maximum atomic E-state index is 9.48. The summed E-state index contributed by atoms with van der Waals surface area (Å²) in [7, 11) is 0. The minimum atomic E-state index is 0.318. The van der Waals surface area contributed by atoms with Gasteiger partial charge in [-0.2, -0.15) is 0 Å². The number of rotatable bonds is 0. The van der Waals surface area contributed by atoms with Crippen molar-refractivity contribution in [2.45, 2.75) is 37.5 Å². The van der Waals surface area contributed by atoms with Gasteiger partial charge in [0, 0.05) is 11.8 Å². The minimum Gasteiger partial charge on any atom is -0.508 e. The van der Waals surface area contributed by atoms with Crippen LogP contribution in [0.3, 0.4) is 0 Å². The number of aromatic hydroxyl groups is 1. The van der Waals surface area contributed by atoms with E-state index < -0.39 is 0 Å². The molecule has 0 amide bonds. The van der Waals surface area contributed by atoms with Gasteiger partial charge in [-0.25, -0.2) is 0 Å². The lowest BCUT2D eigenvalue weighted by Gasteiger charge is -2.26. The van der Waals surface area contributed by atoms with Crippen LogP contribution in [0.15, 0.2) is 12.1 Å². The molecule has 2 heteroatoms. The predicted molar refractivity (Wildman–Crippen MR) is 56.4 cm³/mol. The second-order valence-electron chi connectivity index (χ2n) is 4.70. The fraction of sp³-hybridized carbons (Fsp3) is 0.500. The first kappa shape index (κ1) is 8.16. The molecule has 0 aliphatic heterocycles. The Labute approximate surface area is 83.7 Å². The Morgan fingerprint density at radius 2 is 2.00 bits per heavy atom. The second-order valence-corrected chi connectivity index (χ2v) is 4.70. The first-order chi connectivity index (χ1) is 6.71. The molecule has 0 radical (unpaired) electrons. The molecule has 1 saturated carbocycles. The molecule has 14 heavy (non-hydrogen) atoms. The minimum absolute atomic E-state index is 0.318. The smallest absolute Gasteiger partial charge is 0.117 e. The first-order valence-electron chi connectivity index (χ1n) is 5.33. The first-order valence-corrected chi connectivity index (χ1v) is 5.33. The number of phenolic OH excluding ortho intramolecular Hbond substituents is 1. The van der Waals surface area contributed by atoms with Gasteiger partial charge in [-0.05, 0) is 54.7 Å². The van der Waals surface area contributed by atoms with Crippen molar-refractivity contribution in [1.82, 2.24) is 0 Å². The third-order valence-corrected chi connectivity index (χ3v) is 3.72. The molecule has 0 aromatic heterocycles. The Bertz CT molecular complexity index is 394. The average Bonchev–Trinajstić information content (AvgIpc) is 2.84. The summed E-state index contributed by atoms with van der Waals surface area (Å²) < 4.78 is 0. The van der Waals surface area contributed by atoms with E-state index in [9.17, 15) is 5.11 Å². The summed E-state index contributed by atoms with van der Waals surface area (Å²) in [4.78, 5) is 0. The molecule has 0 unspecified atom stereocenters. The molecular weight excluding hydrogens is 174 g/mol. The summed E-state index contributed by atoms with van der Waals surface area (Å²) in [5.41, 5.74) is 9.84. The molecule has 3 rings (SSSR count). The number of aryl methyl sites for hydroxylation is 1. The number of fused-ring (bicyclic) bond motifs is 2. The molecule has 3 N–H and O–H groups in total. The molecule has 2 nitrogen and oxygen atoms in total. The SMILES string of the molecule is Nc1cc(O)cc2c1C1(CCC2)CC1. The Morgan fingerprint density at radius 1 is 1.21 bits per heavy atom. The molecule has 2 aliphatic carbocycles. The number of nitrogens with two attached hydrogens (primary N) is 1. The Hall–Kier alpha value is -1.18. The van der Waals surface area contributed by atoms with Crippen LogP contribution in [0.5, 0.6) is 5.75 Å². The zero-order valence-electron chi connectivity index (χ0n) is 8.21. The predicted octanol–water partition coefficient (Wildman–Crippen LogP) is 2.34. The molecule has 0 saturated heterocycles. The molecule has 2 aliphatic rings. The Kier molecular flexibility index (Phi) is 1.42. The molecule has 1 aromatic carbocycles. The highest BCUT2D eigenvalue weighted by atomic mass is 16.3. The van der Waals surface area contributed by atoms with Gasteiger partial charge in [0.15, 0.2) is 0 Å². The lowest BCUT2D eigenvalue weighted by Crippen LogP contribution is -2.18. The number of benzene rings is 1. The summed E-state index contributed by atoms with van der Waals surface area (Å²) in [6.07, 6.45) is 6.19. The van der Waals surface area contributed by atoms with Gasteiger partial charge in [-0.15, -0.1) is 0 Å². The largest absolute Gasteiger partial charge is 0.508 e. The van der Waals surface area contributed by atoms with Crippen LogP contribution in [-0.4, -0.2) is 5.11 Å². The van der Waals surface area contributed by atoms with E-state index in [0.29, 0.717) is 11.2 Å². The van der Waals surface area contributed by atoms with E-state index in [2.05, 4.69) is 0 Å². The summed E-state index contributed by atoms with van der Waals surface area (Å²) in [6, 6.07) is 3.59. The van der Waals surface area contributed by atoms with Crippen molar-refractivity contribution in [1.29, 1.82) is 0 Å². The number of hydrogen-bond acceptors (Lipinski definition) is 2. The van der Waals surface area contributed by atoms with E-state index in [1.54, 1.807) is 6.07 Å². The van der Waals surface area contributed by atoms with Crippen LogP contribution < -0.4 is 5.73 Å². The lowest BCUT2D eigenvalue weighted by molar-refractivity contribution is 0.471. The number of phenols is 1. The lowest BCUT2D eigenvalue weighted by atomic mass is 9.79. The fourth-order valence-corrected chi connectivity index (χ4v) is 2.95. The molecule has 1 spiro atoms. The zero-order chi connectivity index (χ0) is 9.76. The molecule has 0 bridgehead atoms. The van der Waals surface area contributed by atoms with Gasteiger partial charge >= 0.3 is 0 Å². The maximum Gasteiger partial charge on any atom is 0.117 e. The van der Waals surface area contributed by atoms with Crippen LogP contribution in [-0.2, 0) is 11.8 Å². The normalized spacial score (nSPS) is 22.0. The third-order valence-electron chi connectivity index (χ3n) is 3.72. The van der Waals surface area contributed by atoms with Crippen LogP contribution in [0, 0.1) is 0 Å². The standard InChI is InChI=1S/C12H15NO/c13-10-7-9(14)6-8-2-1-3-12(4-5-12)11(8)10/h6-7,14H,1-5,13H2. The zero-order valence-corrected chi connectivity index (χ0v) is 8.21. The third kappa shape index (κ3) is 0.969. The van der Waals surface area contributed by atoms with Gasteiger partial charge in [0.2, 0.25) is 0 Å². The van der Waals surface area contributed by atoms with Gasteiger partial charge in [0.25, 0.3) is 0 Å². The summed E-state index contributed by atoms with van der Waals surface area (Å²) >= 11 is 0. The number of anilines is 1. The van der Waals surface area contributed by atoms with E-state index in [-0.39, 0.29) is 0 Å². The average molecular weight is 189 g/mol. The van der Waals surface area contributed by atoms with Crippen molar-refractivity contribution < 1.29 is 5.11 Å². The Balaban J connectivity index is 2.22. The van der Waals surface area contributed by atoms with Crippen molar-refractivity contribution >= 4 is 5.69 Å². The molecule has 1 fully saturated rings. The van der Waals surface area contributed by atoms with Crippen molar-refractivity contribution in [3.8, 4) is 5.75 Å². The van der Waals surface area contributed by atoms with Gasteiger partial charge in [0.05, 0.1) is 0 Å². The van der Waals surface area contributed by atoms with Crippen LogP contribution in [0.1, 0.15) is 36.8 Å². The van der Waals surface area contributed by atoms with Gasteiger partial charge in [-0.3, -0.25) is 0 Å². The summed E-state index contributed by atoms with van der Waals surface area (Å²) in [5.74, 6) is 0.318. The van der Waals surface area contributed by atoms with Crippen LogP contribution in [0.2, 0.25) is 0 Å². The second kappa shape index (κ2) is 2.44. The number of nitrogen functional groups attached to an aromatic ring is 1. The molecular formula is C12H15NO. The maximum absolute atomic E-state index is 9.48. The van der Waals surface area contributed by atoms with E-state index in [0.717, 1.165) is 12.1 Å². The topological polar surface area (TPSA) is 46.2 Å². The van der Waals surface area contributed by atoms with Crippen molar-refractivity contribution in [3.63, 3.8) is 0 Å². The highest BCUT2D eigenvalue weighted by Crippen LogP contribution is 2.57. The highest BCUT2D eigenvalue weighted by Gasteiger charge is 2.47. The van der Waals surface area contributed by atoms with Gasteiger partial charge in [-0.1, -0.05) is 0 Å². The monoisotopic (exact) mass is 189 g/mol. The van der Waals surface area contributed by atoms with Crippen molar-refractivity contribution in [2.75, 3.05) is 5.73 Å². The van der Waals surface area contributed by atoms with E-state index in [1.807, 2.05) is 6.07 Å². The molecule has 0 atom stereocenters. The summed E-state index contributed by atoms with van der Waals surface area (Å²) in [6.45, 7) is 0. The van der Waals surface area contributed by atoms with E-state index >= 15 is 0 Å². The molecule has 74 valence electrons. The van der Waals surface area contributed by atoms with Crippen LogP contribution >= 0.6 is 0 Å². The van der Waals surface area contributed by atoms with Crippen LogP contribution in [0.4, 0.5) is 5.69 Å². The van der Waals surface area contributed by atoms with Crippen molar-refractivity contribution in [3.05, 3.63) is 23.3 Å². The van der Waals surface area contributed by atoms with Gasteiger partial charge in [0.1, 0.15) is 5.75 Å². The fourth-order valence-electron chi connectivity index (χ4n) is 2.95. The van der Waals surface area contributed by atoms with E-state index in [4.69, 9.17) is 5.73 Å². The van der Waals surface area contributed by atoms with Crippen molar-refractivity contribution in [2.24, 2.45) is 0 Å². The molecule has 1 aromatic rings.